The lowest BCUT2D eigenvalue weighted by atomic mass is 9.98. The Bertz CT molecular complexity index is 429. The van der Waals surface area contributed by atoms with Crippen LogP contribution in [0.1, 0.15) is 30.5 Å². The number of carbonyl (C=O) groups excluding carboxylic acids is 1. The molecule has 1 aromatic carbocycles. The van der Waals surface area contributed by atoms with Gasteiger partial charge >= 0.3 is 5.97 Å². The molecule has 0 fully saturated rings. The summed E-state index contributed by atoms with van der Waals surface area (Å²) in [5.74, 6) is -1.73. The van der Waals surface area contributed by atoms with Gasteiger partial charge in [0.15, 0.2) is 0 Å². The number of carbonyl (C=O) groups is 2. The Kier molecular flexibility index (Phi) is 4.20. The summed E-state index contributed by atoms with van der Waals surface area (Å²) in [5, 5.41) is 11.3. The van der Waals surface area contributed by atoms with E-state index < -0.39 is 12.0 Å². The molecule has 0 heterocycles. The first-order valence-electron chi connectivity index (χ1n) is 5.15. The number of carboxylic acids is 1. The van der Waals surface area contributed by atoms with Crippen molar-refractivity contribution in [1.82, 2.24) is 5.32 Å². The minimum absolute atomic E-state index is 0.230. The Labute approximate surface area is 98.5 Å². The zero-order chi connectivity index (χ0) is 13.0. The molecule has 0 bridgehead atoms. The average Bonchev–Trinajstić information content (AvgIpc) is 2.14. The number of hydrogen-bond donors (Lipinski definition) is 2. The van der Waals surface area contributed by atoms with E-state index in [-0.39, 0.29) is 18.1 Å². The standard InChI is InChI=1S/C12H14FNO3/c1-7-5-9(13)3-4-10(7)11(6-12(16)17)14-8(2)15/h3-5,11H,6H2,1-2H3,(H,14,15)(H,16,17)/t11-/m0/s1. The first-order valence-corrected chi connectivity index (χ1v) is 5.15. The van der Waals surface area contributed by atoms with Crippen LogP contribution in [0.4, 0.5) is 4.39 Å². The summed E-state index contributed by atoms with van der Waals surface area (Å²) in [6, 6.07) is 3.42. The van der Waals surface area contributed by atoms with E-state index in [1.807, 2.05) is 0 Å². The second kappa shape index (κ2) is 5.43. The van der Waals surface area contributed by atoms with Crippen LogP contribution in [0.15, 0.2) is 18.2 Å². The van der Waals surface area contributed by atoms with Gasteiger partial charge in [-0.1, -0.05) is 6.07 Å². The van der Waals surface area contributed by atoms with Crippen LogP contribution in [0.25, 0.3) is 0 Å². The Morgan fingerprint density at radius 2 is 2.12 bits per heavy atom. The smallest absolute Gasteiger partial charge is 0.305 e. The van der Waals surface area contributed by atoms with E-state index in [0.717, 1.165) is 0 Å². The molecule has 1 atom stereocenters. The van der Waals surface area contributed by atoms with E-state index in [2.05, 4.69) is 5.32 Å². The van der Waals surface area contributed by atoms with Crippen LogP contribution in [0.3, 0.4) is 0 Å². The highest BCUT2D eigenvalue weighted by molar-refractivity contribution is 5.75. The quantitative estimate of drug-likeness (QED) is 0.841. The molecule has 1 aromatic rings. The van der Waals surface area contributed by atoms with Gasteiger partial charge in [-0.15, -0.1) is 0 Å². The molecule has 0 spiro atoms. The van der Waals surface area contributed by atoms with Crippen molar-refractivity contribution < 1.29 is 19.1 Å². The van der Waals surface area contributed by atoms with Gasteiger partial charge in [0.25, 0.3) is 0 Å². The molecule has 0 aromatic heterocycles. The van der Waals surface area contributed by atoms with Gasteiger partial charge in [0.05, 0.1) is 12.5 Å². The van der Waals surface area contributed by atoms with Crippen molar-refractivity contribution in [3.05, 3.63) is 35.1 Å². The van der Waals surface area contributed by atoms with Gasteiger partial charge in [-0.05, 0) is 30.2 Å². The molecule has 0 aliphatic rings. The van der Waals surface area contributed by atoms with E-state index in [0.29, 0.717) is 11.1 Å². The minimum Gasteiger partial charge on any atom is -0.481 e. The molecule has 2 N–H and O–H groups in total. The molecule has 17 heavy (non-hydrogen) atoms. The Morgan fingerprint density at radius 3 is 2.59 bits per heavy atom. The Hall–Kier alpha value is -1.91. The number of benzene rings is 1. The highest BCUT2D eigenvalue weighted by atomic mass is 19.1. The highest BCUT2D eigenvalue weighted by Gasteiger charge is 2.18. The highest BCUT2D eigenvalue weighted by Crippen LogP contribution is 2.21. The number of aliphatic carboxylic acids is 1. The summed E-state index contributed by atoms with van der Waals surface area (Å²) in [6.07, 6.45) is -0.230. The number of rotatable bonds is 4. The lowest BCUT2D eigenvalue weighted by Crippen LogP contribution is -2.28. The van der Waals surface area contributed by atoms with E-state index >= 15 is 0 Å². The fraction of sp³-hybridized carbons (Fsp3) is 0.333. The summed E-state index contributed by atoms with van der Waals surface area (Å²) < 4.78 is 12.9. The molecule has 0 aliphatic heterocycles. The van der Waals surface area contributed by atoms with Crippen LogP contribution >= 0.6 is 0 Å². The van der Waals surface area contributed by atoms with Crippen molar-refractivity contribution in [3.8, 4) is 0 Å². The molecule has 0 saturated heterocycles. The van der Waals surface area contributed by atoms with Crippen LogP contribution in [-0.2, 0) is 9.59 Å². The van der Waals surface area contributed by atoms with Gasteiger partial charge in [-0.2, -0.15) is 0 Å². The van der Waals surface area contributed by atoms with Crippen molar-refractivity contribution in [2.75, 3.05) is 0 Å². The minimum atomic E-state index is -1.02. The molecule has 1 amide bonds. The SMILES string of the molecule is CC(=O)N[C@@H](CC(=O)O)c1ccc(F)cc1C. The van der Waals surface area contributed by atoms with Gasteiger partial charge in [0.1, 0.15) is 5.82 Å². The van der Waals surface area contributed by atoms with Crippen molar-refractivity contribution in [2.24, 2.45) is 0 Å². The molecule has 0 saturated carbocycles. The molecule has 0 aliphatic carbocycles. The fourth-order valence-corrected chi connectivity index (χ4v) is 1.69. The number of aryl methyl sites for hydroxylation is 1. The lowest BCUT2D eigenvalue weighted by molar-refractivity contribution is -0.137. The molecule has 92 valence electrons. The van der Waals surface area contributed by atoms with Crippen LogP contribution in [-0.4, -0.2) is 17.0 Å². The maximum Gasteiger partial charge on any atom is 0.305 e. The first-order chi connectivity index (χ1) is 7.90. The third kappa shape index (κ3) is 3.86. The maximum atomic E-state index is 12.9. The van der Waals surface area contributed by atoms with Crippen LogP contribution in [0, 0.1) is 12.7 Å². The first kappa shape index (κ1) is 13.2. The van der Waals surface area contributed by atoms with E-state index in [1.54, 1.807) is 6.92 Å². The topological polar surface area (TPSA) is 66.4 Å². The summed E-state index contributed by atoms with van der Waals surface area (Å²) in [5.41, 5.74) is 1.23. The zero-order valence-corrected chi connectivity index (χ0v) is 9.66. The van der Waals surface area contributed by atoms with Crippen LogP contribution in [0.2, 0.25) is 0 Å². The van der Waals surface area contributed by atoms with Gasteiger partial charge in [0.2, 0.25) is 5.91 Å². The maximum absolute atomic E-state index is 12.9. The zero-order valence-electron chi connectivity index (χ0n) is 9.66. The average molecular weight is 239 g/mol. The molecular formula is C12H14FNO3. The van der Waals surface area contributed by atoms with Crippen molar-refractivity contribution in [1.29, 1.82) is 0 Å². The lowest BCUT2D eigenvalue weighted by Gasteiger charge is -2.18. The molecule has 4 nitrogen and oxygen atoms in total. The van der Waals surface area contributed by atoms with Gasteiger partial charge in [-0.25, -0.2) is 4.39 Å². The summed E-state index contributed by atoms with van der Waals surface area (Å²) >= 11 is 0. The molecular weight excluding hydrogens is 225 g/mol. The van der Waals surface area contributed by atoms with Crippen LogP contribution in [0.5, 0.6) is 0 Å². The predicted octanol–water partition coefficient (Wildman–Crippen LogP) is 1.79. The number of halogens is 1. The summed E-state index contributed by atoms with van der Waals surface area (Å²) in [6.45, 7) is 2.99. The van der Waals surface area contributed by atoms with Crippen molar-refractivity contribution in [3.63, 3.8) is 0 Å². The second-order valence-electron chi connectivity index (χ2n) is 3.85. The molecule has 0 radical (unpaired) electrons. The fourth-order valence-electron chi connectivity index (χ4n) is 1.69. The summed E-state index contributed by atoms with van der Waals surface area (Å²) in [4.78, 5) is 21.7. The number of hydrogen-bond acceptors (Lipinski definition) is 2. The van der Waals surface area contributed by atoms with Crippen LogP contribution < -0.4 is 5.32 Å². The van der Waals surface area contributed by atoms with Gasteiger partial charge in [0, 0.05) is 6.92 Å². The molecule has 5 heteroatoms. The normalized spacial score (nSPS) is 11.9. The van der Waals surface area contributed by atoms with Gasteiger partial charge < -0.3 is 10.4 Å². The number of amides is 1. The molecule has 0 unspecified atom stereocenters. The van der Waals surface area contributed by atoms with E-state index in [9.17, 15) is 14.0 Å². The number of nitrogens with one attached hydrogen (secondary N) is 1. The van der Waals surface area contributed by atoms with Crippen molar-refractivity contribution in [2.45, 2.75) is 26.3 Å². The van der Waals surface area contributed by atoms with E-state index in [4.69, 9.17) is 5.11 Å². The monoisotopic (exact) mass is 239 g/mol. The Balaban J connectivity index is 3.02. The Morgan fingerprint density at radius 1 is 1.47 bits per heavy atom. The predicted molar refractivity (Wildman–Crippen MR) is 59.9 cm³/mol. The largest absolute Gasteiger partial charge is 0.481 e. The molecule has 1 rings (SSSR count). The summed E-state index contributed by atoms with van der Waals surface area (Å²) in [7, 11) is 0. The third-order valence-electron chi connectivity index (χ3n) is 2.36. The number of carboxylic acid groups (broad SMARTS) is 1. The second-order valence-corrected chi connectivity index (χ2v) is 3.85. The van der Waals surface area contributed by atoms with Gasteiger partial charge in [-0.3, -0.25) is 9.59 Å². The third-order valence-corrected chi connectivity index (χ3v) is 2.36. The van der Waals surface area contributed by atoms with E-state index in [1.165, 1.54) is 25.1 Å². The van der Waals surface area contributed by atoms with Crippen molar-refractivity contribution >= 4 is 11.9 Å².